The molecule has 2 N–H and O–H groups in total. The van der Waals surface area contributed by atoms with Crippen LogP contribution in [0.3, 0.4) is 0 Å². The summed E-state index contributed by atoms with van der Waals surface area (Å²) in [6, 6.07) is 4.74. The van der Waals surface area contributed by atoms with Gasteiger partial charge in [-0.25, -0.2) is 17.9 Å². The standard InChI is InChI=1S/C15H22N2O4S.ClH/c1-3-21-15(18)12-7-6-11(2)14(9-12)22(19,20)17-10-13-5-4-8-16-13;/h6-7,9,13,16-17H,3-5,8,10H2,1-2H3;1H. The van der Waals surface area contributed by atoms with Crippen molar-refractivity contribution in [3.63, 3.8) is 0 Å². The lowest BCUT2D eigenvalue weighted by molar-refractivity contribution is 0.0526. The van der Waals surface area contributed by atoms with Gasteiger partial charge in [0.1, 0.15) is 0 Å². The average molecular weight is 363 g/mol. The summed E-state index contributed by atoms with van der Waals surface area (Å²) < 4.78 is 32.4. The Balaban J connectivity index is 0.00000264. The molecule has 0 radical (unpaired) electrons. The monoisotopic (exact) mass is 362 g/mol. The number of ether oxygens (including phenoxy) is 1. The zero-order valence-corrected chi connectivity index (χ0v) is 14.9. The van der Waals surface area contributed by atoms with E-state index < -0.39 is 16.0 Å². The second-order valence-corrected chi connectivity index (χ2v) is 7.08. The van der Waals surface area contributed by atoms with Crippen molar-refractivity contribution in [2.45, 2.75) is 37.6 Å². The molecule has 130 valence electrons. The first-order valence-electron chi connectivity index (χ1n) is 7.45. The summed E-state index contributed by atoms with van der Waals surface area (Å²) in [6.07, 6.45) is 2.02. The summed E-state index contributed by atoms with van der Waals surface area (Å²) in [5.41, 5.74) is 0.840. The third-order valence-corrected chi connectivity index (χ3v) is 5.24. The van der Waals surface area contributed by atoms with Crippen LogP contribution in [-0.4, -0.2) is 40.1 Å². The van der Waals surface area contributed by atoms with E-state index in [1.807, 2.05) is 0 Å². The molecule has 1 fully saturated rings. The maximum Gasteiger partial charge on any atom is 0.338 e. The topological polar surface area (TPSA) is 84.5 Å². The van der Waals surface area contributed by atoms with E-state index in [1.54, 1.807) is 26.0 Å². The highest BCUT2D eigenvalue weighted by atomic mass is 35.5. The van der Waals surface area contributed by atoms with Gasteiger partial charge in [0.05, 0.1) is 17.1 Å². The van der Waals surface area contributed by atoms with Gasteiger partial charge in [-0.1, -0.05) is 6.07 Å². The molecule has 1 aromatic carbocycles. The van der Waals surface area contributed by atoms with Crippen molar-refractivity contribution in [3.8, 4) is 0 Å². The fourth-order valence-corrected chi connectivity index (χ4v) is 3.80. The third kappa shape index (κ3) is 5.17. The van der Waals surface area contributed by atoms with Crippen molar-refractivity contribution in [3.05, 3.63) is 29.3 Å². The molecular weight excluding hydrogens is 340 g/mol. The summed E-state index contributed by atoms with van der Waals surface area (Å²) in [4.78, 5) is 11.9. The molecule has 0 bridgehead atoms. The van der Waals surface area contributed by atoms with Crippen LogP contribution in [0.1, 0.15) is 35.7 Å². The molecule has 6 nitrogen and oxygen atoms in total. The van der Waals surface area contributed by atoms with Crippen molar-refractivity contribution in [2.24, 2.45) is 0 Å². The minimum absolute atomic E-state index is 0. The Labute approximate surface area is 143 Å². The molecule has 2 rings (SSSR count). The zero-order valence-electron chi connectivity index (χ0n) is 13.3. The summed E-state index contributed by atoms with van der Waals surface area (Å²) in [5.74, 6) is -0.517. The van der Waals surface area contributed by atoms with Crippen LogP contribution in [0.15, 0.2) is 23.1 Å². The fraction of sp³-hybridized carbons (Fsp3) is 0.533. The molecule has 1 aliphatic rings. The van der Waals surface area contributed by atoms with Gasteiger partial charge in [0, 0.05) is 12.6 Å². The van der Waals surface area contributed by atoms with Crippen LogP contribution >= 0.6 is 12.4 Å². The van der Waals surface area contributed by atoms with Gasteiger partial charge in [0.2, 0.25) is 10.0 Å². The van der Waals surface area contributed by atoms with Gasteiger partial charge >= 0.3 is 5.97 Å². The Kier molecular flexibility index (Phi) is 7.47. The number of halogens is 1. The number of hydrogen-bond acceptors (Lipinski definition) is 5. The minimum atomic E-state index is -3.65. The van der Waals surface area contributed by atoms with Crippen LogP contribution in [0.2, 0.25) is 0 Å². The van der Waals surface area contributed by atoms with Crippen LogP contribution < -0.4 is 10.0 Å². The van der Waals surface area contributed by atoms with E-state index in [4.69, 9.17) is 4.74 Å². The van der Waals surface area contributed by atoms with Crippen molar-refractivity contribution in [1.82, 2.24) is 10.0 Å². The van der Waals surface area contributed by atoms with Crippen LogP contribution in [0.25, 0.3) is 0 Å². The first kappa shape index (κ1) is 19.9. The molecule has 1 aliphatic heterocycles. The van der Waals surface area contributed by atoms with Gasteiger partial charge in [-0.2, -0.15) is 0 Å². The van der Waals surface area contributed by atoms with E-state index in [0.29, 0.717) is 12.1 Å². The van der Waals surface area contributed by atoms with Crippen LogP contribution in [0.4, 0.5) is 0 Å². The molecule has 0 saturated carbocycles. The van der Waals surface area contributed by atoms with Gasteiger partial charge in [-0.3, -0.25) is 0 Å². The number of carbonyl (C=O) groups excluding carboxylic acids is 1. The maximum absolute atomic E-state index is 12.5. The van der Waals surface area contributed by atoms with E-state index in [1.165, 1.54) is 6.07 Å². The molecular formula is C15H23ClN2O4S. The summed E-state index contributed by atoms with van der Waals surface area (Å²) >= 11 is 0. The van der Waals surface area contributed by atoms with E-state index in [-0.39, 0.29) is 35.5 Å². The fourth-order valence-electron chi connectivity index (χ4n) is 2.45. The number of sulfonamides is 1. The Morgan fingerprint density at radius 2 is 2.17 bits per heavy atom. The third-order valence-electron chi connectivity index (χ3n) is 3.67. The Hall–Kier alpha value is -1.15. The molecule has 0 amide bonds. The highest BCUT2D eigenvalue weighted by molar-refractivity contribution is 7.89. The highest BCUT2D eigenvalue weighted by Gasteiger charge is 2.22. The molecule has 1 unspecified atom stereocenters. The van der Waals surface area contributed by atoms with E-state index >= 15 is 0 Å². The smallest absolute Gasteiger partial charge is 0.338 e. The maximum atomic E-state index is 12.5. The Morgan fingerprint density at radius 3 is 2.78 bits per heavy atom. The van der Waals surface area contributed by atoms with Crippen molar-refractivity contribution < 1.29 is 17.9 Å². The summed E-state index contributed by atoms with van der Waals surface area (Å²) in [7, 11) is -3.65. The van der Waals surface area contributed by atoms with Gasteiger partial charge < -0.3 is 10.1 Å². The number of rotatable bonds is 6. The quantitative estimate of drug-likeness (QED) is 0.751. The van der Waals surface area contributed by atoms with E-state index in [9.17, 15) is 13.2 Å². The molecule has 23 heavy (non-hydrogen) atoms. The lowest BCUT2D eigenvalue weighted by Gasteiger charge is -2.14. The van der Waals surface area contributed by atoms with E-state index in [2.05, 4.69) is 10.0 Å². The van der Waals surface area contributed by atoms with Gasteiger partial charge in [-0.05, 0) is 50.9 Å². The number of nitrogens with one attached hydrogen (secondary N) is 2. The molecule has 8 heteroatoms. The predicted octanol–water partition coefficient (Wildman–Crippen LogP) is 1.62. The normalized spacial score (nSPS) is 17.6. The van der Waals surface area contributed by atoms with Gasteiger partial charge in [0.15, 0.2) is 0 Å². The first-order valence-corrected chi connectivity index (χ1v) is 8.93. The molecule has 1 atom stereocenters. The average Bonchev–Trinajstić information content (AvgIpc) is 2.99. The van der Waals surface area contributed by atoms with Crippen LogP contribution in [0, 0.1) is 6.92 Å². The minimum Gasteiger partial charge on any atom is -0.462 e. The van der Waals surface area contributed by atoms with Crippen LogP contribution in [-0.2, 0) is 14.8 Å². The lowest BCUT2D eigenvalue weighted by atomic mass is 10.1. The summed E-state index contributed by atoms with van der Waals surface area (Å²) in [5, 5.41) is 3.24. The molecule has 0 spiro atoms. The first-order chi connectivity index (χ1) is 10.4. The van der Waals surface area contributed by atoms with Crippen molar-refractivity contribution in [2.75, 3.05) is 19.7 Å². The zero-order chi connectivity index (χ0) is 16.2. The number of hydrogen-bond donors (Lipinski definition) is 2. The molecule has 0 aliphatic carbocycles. The molecule has 1 heterocycles. The summed E-state index contributed by atoms with van der Waals surface area (Å²) in [6.45, 7) is 4.94. The van der Waals surface area contributed by atoms with Crippen LogP contribution in [0.5, 0.6) is 0 Å². The van der Waals surface area contributed by atoms with Crippen molar-refractivity contribution >= 4 is 28.4 Å². The second kappa shape index (κ2) is 8.63. The predicted molar refractivity (Wildman–Crippen MR) is 90.6 cm³/mol. The Morgan fingerprint density at radius 1 is 1.43 bits per heavy atom. The van der Waals surface area contributed by atoms with E-state index in [0.717, 1.165) is 19.4 Å². The number of aryl methyl sites for hydroxylation is 1. The largest absolute Gasteiger partial charge is 0.462 e. The molecule has 0 aromatic heterocycles. The van der Waals surface area contributed by atoms with Gasteiger partial charge in [-0.15, -0.1) is 12.4 Å². The number of esters is 1. The number of carbonyl (C=O) groups is 1. The second-order valence-electron chi connectivity index (χ2n) is 5.35. The lowest BCUT2D eigenvalue weighted by Crippen LogP contribution is -2.37. The number of benzene rings is 1. The van der Waals surface area contributed by atoms with Gasteiger partial charge in [0.25, 0.3) is 0 Å². The highest BCUT2D eigenvalue weighted by Crippen LogP contribution is 2.18. The SMILES string of the molecule is CCOC(=O)c1ccc(C)c(S(=O)(=O)NCC2CCCN2)c1.Cl. The Bertz CT molecular complexity index is 643. The van der Waals surface area contributed by atoms with Crippen molar-refractivity contribution in [1.29, 1.82) is 0 Å². The molecule has 1 saturated heterocycles. The molecule has 1 aromatic rings.